The van der Waals surface area contributed by atoms with Crippen molar-refractivity contribution in [1.29, 1.82) is 0 Å². The van der Waals surface area contributed by atoms with Gasteiger partial charge in [0.05, 0.1) is 16.4 Å². The van der Waals surface area contributed by atoms with Crippen LogP contribution in [0, 0.1) is 5.41 Å². The van der Waals surface area contributed by atoms with E-state index in [-0.39, 0.29) is 24.4 Å². The van der Waals surface area contributed by atoms with E-state index in [1.54, 1.807) is 6.07 Å². The van der Waals surface area contributed by atoms with Gasteiger partial charge >= 0.3 is 5.97 Å². The summed E-state index contributed by atoms with van der Waals surface area (Å²) in [5, 5.41) is 20.0. The number of carbonyl (C=O) groups is 1. The van der Waals surface area contributed by atoms with Crippen LogP contribution in [0.2, 0.25) is 0 Å². The van der Waals surface area contributed by atoms with Crippen molar-refractivity contribution in [2.24, 2.45) is 5.41 Å². The number of aliphatic hydroxyl groups excluding tert-OH is 1. The van der Waals surface area contributed by atoms with Gasteiger partial charge in [-0.3, -0.25) is 4.79 Å². The Balaban J connectivity index is 1.84. The molecule has 0 spiro atoms. The first-order chi connectivity index (χ1) is 12.3. The third-order valence-corrected chi connectivity index (χ3v) is 6.96. The zero-order chi connectivity index (χ0) is 18.9. The van der Waals surface area contributed by atoms with E-state index >= 15 is 0 Å². The van der Waals surface area contributed by atoms with Gasteiger partial charge in [-0.15, -0.1) is 0 Å². The molecular weight excluding hydrogens is 362 g/mol. The number of rotatable bonds is 5. The number of fused-ring (bicyclic) bond motifs is 1. The smallest absolute Gasteiger partial charge is 0.312 e. The van der Waals surface area contributed by atoms with Crippen molar-refractivity contribution in [2.45, 2.75) is 37.2 Å². The molecule has 0 aromatic heterocycles. The Kier molecular flexibility index (Phi) is 5.14. The fourth-order valence-electron chi connectivity index (χ4n) is 3.60. The molecule has 0 bridgehead atoms. The van der Waals surface area contributed by atoms with E-state index in [1.807, 2.05) is 6.92 Å². The molecule has 26 heavy (non-hydrogen) atoms. The van der Waals surface area contributed by atoms with E-state index in [1.165, 1.54) is 12.1 Å². The molecule has 144 valence electrons. The SMILES string of the molecule is CCC[C@]1(C(=O)O)CCN(S(=O)(=O)c2ccc3c(c2)OCCO3)C[C@H]1O. The van der Waals surface area contributed by atoms with Crippen molar-refractivity contribution in [2.75, 3.05) is 26.3 Å². The molecular formula is C17H23NO7S. The van der Waals surface area contributed by atoms with E-state index in [9.17, 15) is 23.4 Å². The standard InChI is InChI=1S/C17H23NO7S/c1-2-5-17(16(20)21)6-7-18(11-15(17)19)26(22,23)12-3-4-13-14(10-12)25-9-8-24-13/h3-4,10,15,19H,2,5-9,11H2,1H3,(H,20,21)/t15-,17+/m1/s1. The highest BCUT2D eigenvalue weighted by Gasteiger charge is 2.50. The van der Waals surface area contributed by atoms with Crippen molar-refractivity contribution < 1.29 is 32.9 Å². The second-order valence-corrected chi connectivity index (χ2v) is 8.58. The van der Waals surface area contributed by atoms with Crippen molar-refractivity contribution in [3.05, 3.63) is 18.2 Å². The van der Waals surface area contributed by atoms with Crippen LogP contribution in [-0.4, -0.2) is 61.3 Å². The molecule has 1 saturated heterocycles. The van der Waals surface area contributed by atoms with E-state index in [0.29, 0.717) is 37.6 Å². The van der Waals surface area contributed by atoms with Gasteiger partial charge in [-0.1, -0.05) is 13.3 Å². The summed E-state index contributed by atoms with van der Waals surface area (Å²) in [7, 11) is -3.87. The lowest BCUT2D eigenvalue weighted by molar-refractivity contribution is -0.162. The number of hydrogen-bond donors (Lipinski definition) is 2. The predicted octanol–water partition coefficient (Wildman–Crippen LogP) is 1.08. The number of β-amino-alcohol motifs (C(OH)–C–C–N with tert-alkyl or cyclic N) is 1. The normalized spacial score (nSPS) is 26.5. The summed E-state index contributed by atoms with van der Waals surface area (Å²) in [6.07, 6.45) is -0.290. The number of nitrogens with zero attached hydrogens (tertiary/aromatic N) is 1. The minimum Gasteiger partial charge on any atom is -0.486 e. The number of hydrogen-bond acceptors (Lipinski definition) is 6. The minimum absolute atomic E-state index is 0.0345. The van der Waals surface area contributed by atoms with E-state index in [4.69, 9.17) is 9.47 Å². The molecule has 2 aliphatic rings. The summed E-state index contributed by atoms with van der Waals surface area (Å²) < 4.78 is 37.8. The first-order valence-electron chi connectivity index (χ1n) is 8.62. The molecule has 2 heterocycles. The van der Waals surface area contributed by atoms with Crippen LogP contribution >= 0.6 is 0 Å². The van der Waals surface area contributed by atoms with Crippen LogP contribution in [0.4, 0.5) is 0 Å². The average Bonchev–Trinajstić information content (AvgIpc) is 2.62. The zero-order valence-corrected chi connectivity index (χ0v) is 15.4. The van der Waals surface area contributed by atoms with Gasteiger partial charge in [0.1, 0.15) is 13.2 Å². The van der Waals surface area contributed by atoms with Crippen LogP contribution in [0.15, 0.2) is 23.1 Å². The lowest BCUT2D eigenvalue weighted by atomic mass is 9.73. The quantitative estimate of drug-likeness (QED) is 0.780. The highest BCUT2D eigenvalue weighted by Crippen LogP contribution is 2.39. The molecule has 2 N–H and O–H groups in total. The van der Waals surface area contributed by atoms with Gasteiger partial charge < -0.3 is 19.7 Å². The lowest BCUT2D eigenvalue weighted by Crippen LogP contribution is -2.55. The number of aliphatic hydroxyl groups is 1. The summed E-state index contributed by atoms with van der Waals surface area (Å²) in [4.78, 5) is 11.7. The molecule has 2 aliphatic heterocycles. The van der Waals surface area contributed by atoms with E-state index < -0.39 is 27.5 Å². The molecule has 0 radical (unpaired) electrons. The van der Waals surface area contributed by atoms with Crippen LogP contribution in [0.5, 0.6) is 11.5 Å². The monoisotopic (exact) mass is 385 g/mol. The first-order valence-corrected chi connectivity index (χ1v) is 10.1. The Hall–Kier alpha value is -1.84. The highest BCUT2D eigenvalue weighted by molar-refractivity contribution is 7.89. The van der Waals surface area contributed by atoms with Crippen molar-refractivity contribution in [3.63, 3.8) is 0 Å². The molecule has 0 saturated carbocycles. The maximum Gasteiger partial charge on any atom is 0.312 e. The highest BCUT2D eigenvalue weighted by atomic mass is 32.2. The van der Waals surface area contributed by atoms with Crippen LogP contribution < -0.4 is 9.47 Å². The number of sulfonamides is 1. The fourth-order valence-corrected chi connectivity index (χ4v) is 5.06. The second-order valence-electron chi connectivity index (χ2n) is 6.65. The Morgan fingerprint density at radius 3 is 2.62 bits per heavy atom. The Bertz CT molecular complexity index is 794. The van der Waals surface area contributed by atoms with Crippen LogP contribution in [0.25, 0.3) is 0 Å². The number of carboxylic acids is 1. The van der Waals surface area contributed by atoms with Gasteiger partial charge in [0.15, 0.2) is 11.5 Å². The maximum atomic E-state index is 12.9. The molecule has 3 rings (SSSR count). The molecule has 0 aliphatic carbocycles. The number of carboxylic acid groups (broad SMARTS) is 1. The summed E-state index contributed by atoms with van der Waals surface area (Å²) >= 11 is 0. The van der Waals surface area contributed by atoms with Gasteiger partial charge in [-0.05, 0) is 25.0 Å². The van der Waals surface area contributed by atoms with Crippen molar-refractivity contribution >= 4 is 16.0 Å². The van der Waals surface area contributed by atoms with Crippen LogP contribution in [0.3, 0.4) is 0 Å². The molecule has 0 unspecified atom stereocenters. The van der Waals surface area contributed by atoms with Gasteiger partial charge in [0.25, 0.3) is 0 Å². The predicted molar refractivity (Wildman–Crippen MR) is 91.8 cm³/mol. The molecule has 2 atom stereocenters. The Labute approximate surface area is 152 Å². The lowest BCUT2D eigenvalue weighted by Gasteiger charge is -2.42. The molecule has 1 fully saturated rings. The number of piperidine rings is 1. The van der Waals surface area contributed by atoms with E-state index in [0.717, 1.165) is 4.31 Å². The summed E-state index contributed by atoms with van der Waals surface area (Å²) in [6, 6.07) is 4.38. The summed E-state index contributed by atoms with van der Waals surface area (Å²) in [5.74, 6) is -0.231. The maximum absolute atomic E-state index is 12.9. The number of aliphatic carboxylic acids is 1. The molecule has 8 nitrogen and oxygen atoms in total. The third-order valence-electron chi connectivity index (χ3n) is 5.10. The van der Waals surface area contributed by atoms with Crippen LogP contribution in [-0.2, 0) is 14.8 Å². The third kappa shape index (κ3) is 3.15. The van der Waals surface area contributed by atoms with Crippen LogP contribution in [0.1, 0.15) is 26.2 Å². The van der Waals surface area contributed by atoms with Gasteiger partial charge in [0, 0.05) is 19.2 Å². The Morgan fingerprint density at radius 1 is 1.31 bits per heavy atom. The Morgan fingerprint density at radius 2 is 2.00 bits per heavy atom. The average molecular weight is 385 g/mol. The molecule has 0 amide bonds. The first kappa shape index (κ1) is 18.9. The van der Waals surface area contributed by atoms with Gasteiger partial charge in [0.2, 0.25) is 10.0 Å². The number of ether oxygens (including phenoxy) is 2. The molecule has 1 aromatic carbocycles. The minimum atomic E-state index is -3.87. The molecule has 9 heteroatoms. The van der Waals surface area contributed by atoms with E-state index in [2.05, 4.69) is 0 Å². The van der Waals surface area contributed by atoms with Crippen molar-refractivity contribution in [3.8, 4) is 11.5 Å². The topological polar surface area (TPSA) is 113 Å². The fraction of sp³-hybridized carbons (Fsp3) is 0.588. The number of benzene rings is 1. The molecule has 1 aromatic rings. The zero-order valence-electron chi connectivity index (χ0n) is 14.6. The van der Waals surface area contributed by atoms with Gasteiger partial charge in [-0.2, -0.15) is 4.31 Å². The summed E-state index contributed by atoms with van der Waals surface area (Å²) in [6.45, 7) is 2.39. The van der Waals surface area contributed by atoms with Crippen molar-refractivity contribution in [1.82, 2.24) is 4.31 Å². The second kappa shape index (κ2) is 7.05. The summed E-state index contributed by atoms with van der Waals surface area (Å²) in [5.41, 5.74) is -1.30. The van der Waals surface area contributed by atoms with Gasteiger partial charge in [-0.25, -0.2) is 8.42 Å². The largest absolute Gasteiger partial charge is 0.486 e.